The zero-order valence-corrected chi connectivity index (χ0v) is 9.90. The van der Waals surface area contributed by atoms with Crippen LogP contribution in [-0.4, -0.2) is 11.4 Å². The molecule has 0 aliphatic rings. The highest BCUT2D eigenvalue weighted by Gasteiger charge is 2.08. The summed E-state index contributed by atoms with van der Waals surface area (Å²) in [5.74, 6) is 1.15. The molecule has 4 nitrogen and oxygen atoms in total. The smallest absolute Gasteiger partial charge is 0.155 e. The van der Waals surface area contributed by atoms with E-state index in [1.165, 1.54) is 0 Å². The highest BCUT2D eigenvalue weighted by Crippen LogP contribution is 2.25. The van der Waals surface area contributed by atoms with Crippen molar-refractivity contribution in [3.8, 4) is 5.75 Å². The lowest BCUT2D eigenvalue weighted by Crippen LogP contribution is -1.98. The summed E-state index contributed by atoms with van der Waals surface area (Å²) >= 11 is 5.87. The maximum absolute atomic E-state index is 10.9. The van der Waals surface area contributed by atoms with E-state index in [2.05, 4.69) is 5.16 Å². The Balaban J connectivity index is 2.14. The Labute approximate surface area is 103 Å². The third-order valence-electron chi connectivity index (χ3n) is 2.18. The molecule has 1 aromatic carbocycles. The number of hydrogen-bond donors (Lipinski definition) is 0. The Hall–Kier alpha value is -1.81. The van der Waals surface area contributed by atoms with E-state index in [0.717, 1.165) is 0 Å². The van der Waals surface area contributed by atoms with Gasteiger partial charge in [-0.15, -0.1) is 0 Å². The SMILES string of the molecule is Cc1cc(COc2cccc(Cl)c2C=O)no1. The number of hydrogen-bond acceptors (Lipinski definition) is 4. The molecule has 0 amide bonds. The molecule has 0 bridgehead atoms. The molecule has 0 N–H and O–H groups in total. The number of nitrogens with zero attached hydrogens (tertiary/aromatic N) is 1. The molecule has 0 unspecified atom stereocenters. The number of aldehydes is 1. The molecule has 0 radical (unpaired) electrons. The van der Waals surface area contributed by atoms with Gasteiger partial charge in [-0.25, -0.2) is 0 Å². The van der Waals surface area contributed by atoms with Crippen LogP contribution in [0.2, 0.25) is 5.02 Å². The van der Waals surface area contributed by atoms with Crippen molar-refractivity contribution in [2.75, 3.05) is 0 Å². The van der Waals surface area contributed by atoms with Gasteiger partial charge in [-0.2, -0.15) is 0 Å². The van der Waals surface area contributed by atoms with Gasteiger partial charge in [-0.1, -0.05) is 22.8 Å². The molecular weight excluding hydrogens is 242 g/mol. The third-order valence-corrected chi connectivity index (χ3v) is 2.51. The van der Waals surface area contributed by atoms with Crippen molar-refractivity contribution in [3.63, 3.8) is 0 Å². The molecule has 0 atom stereocenters. The van der Waals surface area contributed by atoms with E-state index in [1.54, 1.807) is 31.2 Å². The van der Waals surface area contributed by atoms with E-state index in [-0.39, 0.29) is 6.61 Å². The number of carbonyl (C=O) groups excluding carboxylic acids is 1. The molecule has 0 spiro atoms. The molecule has 88 valence electrons. The van der Waals surface area contributed by atoms with Crippen LogP contribution in [0.25, 0.3) is 0 Å². The van der Waals surface area contributed by atoms with Gasteiger partial charge in [0.15, 0.2) is 6.29 Å². The maximum Gasteiger partial charge on any atom is 0.155 e. The molecule has 2 rings (SSSR count). The molecule has 0 saturated heterocycles. The highest BCUT2D eigenvalue weighted by molar-refractivity contribution is 6.33. The van der Waals surface area contributed by atoms with Crippen molar-refractivity contribution in [3.05, 3.63) is 46.3 Å². The van der Waals surface area contributed by atoms with E-state index in [1.807, 2.05) is 0 Å². The average Bonchev–Trinajstić information content (AvgIpc) is 2.72. The number of aromatic nitrogens is 1. The number of halogens is 1. The minimum Gasteiger partial charge on any atom is -0.486 e. The number of benzene rings is 1. The van der Waals surface area contributed by atoms with Gasteiger partial charge in [0.2, 0.25) is 0 Å². The second-order valence-corrected chi connectivity index (χ2v) is 3.89. The van der Waals surface area contributed by atoms with Crippen LogP contribution in [0.5, 0.6) is 5.75 Å². The fourth-order valence-corrected chi connectivity index (χ4v) is 1.61. The van der Waals surface area contributed by atoms with Gasteiger partial charge >= 0.3 is 0 Å². The van der Waals surface area contributed by atoms with Gasteiger partial charge in [0.05, 0.1) is 10.6 Å². The van der Waals surface area contributed by atoms with Gasteiger partial charge in [-0.05, 0) is 19.1 Å². The summed E-state index contributed by atoms with van der Waals surface area (Å²) in [4.78, 5) is 10.9. The normalized spacial score (nSPS) is 10.2. The van der Waals surface area contributed by atoms with E-state index in [4.69, 9.17) is 20.9 Å². The Morgan fingerprint density at radius 3 is 3.00 bits per heavy atom. The molecule has 1 aromatic heterocycles. The minimum absolute atomic E-state index is 0.235. The first kappa shape index (κ1) is 11.7. The van der Waals surface area contributed by atoms with E-state index in [9.17, 15) is 4.79 Å². The molecule has 17 heavy (non-hydrogen) atoms. The topological polar surface area (TPSA) is 52.3 Å². The number of ether oxygens (including phenoxy) is 1. The molecule has 0 fully saturated rings. The van der Waals surface area contributed by atoms with Crippen molar-refractivity contribution < 1.29 is 14.1 Å². The van der Waals surface area contributed by atoms with Crippen molar-refractivity contribution in [1.82, 2.24) is 5.16 Å². The van der Waals surface area contributed by atoms with E-state index < -0.39 is 0 Å². The van der Waals surface area contributed by atoms with Gasteiger partial charge in [0.1, 0.15) is 23.8 Å². The summed E-state index contributed by atoms with van der Waals surface area (Å²) < 4.78 is 10.4. The van der Waals surface area contributed by atoms with Crippen LogP contribution in [-0.2, 0) is 6.61 Å². The lowest BCUT2D eigenvalue weighted by molar-refractivity contribution is 0.111. The van der Waals surface area contributed by atoms with Gasteiger partial charge in [0.25, 0.3) is 0 Å². The zero-order valence-electron chi connectivity index (χ0n) is 9.14. The first-order valence-electron chi connectivity index (χ1n) is 4.99. The van der Waals surface area contributed by atoms with Crippen LogP contribution in [0.15, 0.2) is 28.8 Å². The number of aryl methyl sites for hydroxylation is 1. The summed E-state index contributed by atoms with van der Waals surface area (Å²) in [7, 11) is 0. The quantitative estimate of drug-likeness (QED) is 0.784. The lowest BCUT2D eigenvalue weighted by Gasteiger charge is -2.07. The van der Waals surface area contributed by atoms with E-state index in [0.29, 0.717) is 34.1 Å². The fourth-order valence-electron chi connectivity index (χ4n) is 1.40. The monoisotopic (exact) mass is 251 g/mol. The Morgan fingerprint density at radius 2 is 2.35 bits per heavy atom. The Kier molecular flexibility index (Phi) is 3.44. The molecule has 5 heteroatoms. The van der Waals surface area contributed by atoms with Gasteiger partial charge in [0, 0.05) is 6.07 Å². The minimum atomic E-state index is 0.235. The molecule has 0 aliphatic carbocycles. The fraction of sp³-hybridized carbons (Fsp3) is 0.167. The second kappa shape index (κ2) is 5.01. The summed E-state index contributed by atoms with van der Waals surface area (Å²) in [6.07, 6.45) is 0.672. The molecular formula is C12H10ClNO3. The zero-order chi connectivity index (χ0) is 12.3. The Morgan fingerprint density at radius 1 is 1.53 bits per heavy atom. The van der Waals surface area contributed by atoms with Crippen LogP contribution in [0, 0.1) is 6.92 Å². The second-order valence-electron chi connectivity index (χ2n) is 3.49. The predicted molar refractivity (Wildman–Crippen MR) is 62.4 cm³/mol. The molecule has 1 heterocycles. The van der Waals surface area contributed by atoms with Crippen molar-refractivity contribution in [2.24, 2.45) is 0 Å². The number of carbonyl (C=O) groups is 1. The van der Waals surface area contributed by atoms with Crippen LogP contribution in [0.3, 0.4) is 0 Å². The van der Waals surface area contributed by atoms with Crippen LogP contribution < -0.4 is 4.74 Å². The molecule has 2 aromatic rings. The first-order chi connectivity index (χ1) is 8.20. The molecule has 0 saturated carbocycles. The Bertz CT molecular complexity index is 536. The average molecular weight is 252 g/mol. The standard InChI is InChI=1S/C12H10ClNO3/c1-8-5-9(14-17-8)7-16-12-4-2-3-11(13)10(12)6-15/h2-6H,7H2,1H3. The third kappa shape index (κ3) is 2.65. The molecule has 0 aliphatic heterocycles. The maximum atomic E-state index is 10.9. The van der Waals surface area contributed by atoms with Crippen molar-refractivity contribution in [2.45, 2.75) is 13.5 Å². The lowest BCUT2D eigenvalue weighted by atomic mass is 10.2. The summed E-state index contributed by atoms with van der Waals surface area (Å²) in [6, 6.07) is 6.81. The summed E-state index contributed by atoms with van der Waals surface area (Å²) in [5, 5.41) is 4.16. The number of rotatable bonds is 4. The summed E-state index contributed by atoms with van der Waals surface area (Å²) in [6.45, 7) is 2.03. The first-order valence-corrected chi connectivity index (χ1v) is 5.37. The van der Waals surface area contributed by atoms with Crippen molar-refractivity contribution in [1.29, 1.82) is 0 Å². The van der Waals surface area contributed by atoms with Gasteiger partial charge in [-0.3, -0.25) is 4.79 Å². The van der Waals surface area contributed by atoms with Crippen LogP contribution in [0.1, 0.15) is 21.8 Å². The summed E-state index contributed by atoms with van der Waals surface area (Å²) in [5.41, 5.74) is 1.01. The van der Waals surface area contributed by atoms with Crippen LogP contribution in [0.4, 0.5) is 0 Å². The van der Waals surface area contributed by atoms with E-state index >= 15 is 0 Å². The predicted octanol–water partition coefficient (Wildman–Crippen LogP) is 3.03. The van der Waals surface area contributed by atoms with Crippen molar-refractivity contribution >= 4 is 17.9 Å². The largest absolute Gasteiger partial charge is 0.486 e. The van der Waals surface area contributed by atoms with Gasteiger partial charge < -0.3 is 9.26 Å². The van der Waals surface area contributed by atoms with Crippen LogP contribution >= 0.6 is 11.6 Å². The highest BCUT2D eigenvalue weighted by atomic mass is 35.5.